The molecule has 0 aliphatic heterocycles. The third kappa shape index (κ3) is 2.12. The van der Waals surface area contributed by atoms with Crippen molar-refractivity contribution in [2.24, 2.45) is 0 Å². The summed E-state index contributed by atoms with van der Waals surface area (Å²) in [5.74, 6) is 0. The Bertz CT molecular complexity index is 559. The summed E-state index contributed by atoms with van der Waals surface area (Å²) in [5, 5.41) is 0.494. The van der Waals surface area contributed by atoms with E-state index in [1.165, 1.54) is 6.20 Å². The van der Waals surface area contributed by atoms with E-state index in [9.17, 15) is 4.79 Å². The normalized spacial score (nSPS) is 10.6. The predicted molar refractivity (Wildman–Crippen MR) is 62.4 cm³/mol. The molecule has 15 heavy (non-hydrogen) atoms. The Hall–Kier alpha value is -0.710. The first kappa shape index (κ1) is 10.8. The quantitative estimate of drug-likeness (QED) is 0.599. The number of carbonyl (C=O) groups excluding carboxylic acids is 1. The van der Waals surface area contributed by atoms with Gasteiger partial charge in [-0.2, -0.15) is 0 Å². The molecule has 3 nitrogen and oxygen atoms in total. The molecule has 6 heteroatoms. The highest BCUT2D eigenvalue weighted by molar-refractivity contribution is 9.10. The van der Waals surface area contributed by atoms with Crippen LogP contribution in [-0.4, -0.2) is 15.2 Å². The van der Waals surface area contributed by atoms with Crippen LogP contribution in [0.4, 0.5) is 0 Å². The zero-order valence-electron chi connectivity index (χ0n) is 7.17. The van der Waals surface area contributed by atoms with Crippen molar-refractivity contribution in [3.63, 3.8) is 0 Å². The molecule has 2 aromatic rings. The van der Waals surface area contributed by atoms with Gasteiger partial charge >= 0.3 is 0 Å². The molecule has 76 valence electrons. The van der Waals surface area contributed by atoms with Gasteiger partial charge < -0.3 is 0 Å². The summed E-state index contributed by atoms with van der Waals surface area (Å²) in [6.45, 7) is 0. The molecule has 0 fully saturated rings. The smallest absolute Gasteiger partial charge is 0.253 e. The van der Waals surface area contributed by atoms with E-state index in [1.54, 1.807) is 12.1 Å². The molecule has 0 atom stereocenters. The second-order valence-corrected chi connectivity index (χ2v) is 4.36. The summed E-state index contributed by atoms with van der Waals surface area (Å²) in [7, 11) is 0. The Balaban J connectivity index is 2.72. The molecule has 0 spiro atoms. The van der Waals surface area contributed by atoms with Crippen molar-refractivity contribution < 1.29 is 4.79 Å². The molecule has 0 radical (unpaired) electrons. The lowest BCUT2D eigenvalue weighted by atomic mass is 10.2. The van der Waals surface area contributed by atoms with E-state index in [4.69, 9.17) is 23.2 Å². The third-order valence-electron chi connectivity index (χ3n) is 1.81. The third-order valence-corrected chi connectivity index (χ3v) is 3.14. The van der Waals surface area contributed by atoms with Gasteiger partial charge in [0.15, 0.2) is 5.65 Å². The Kier molecular flexibility index (Phi) is 2.91. The minimum atomic E-state index is -0.546. The average molecular weight is 306 g/mol. The molecule has 0 aromatic carbocycles. The highest BCUT2D eigenvalue weighted by Gasteiger charge is 2.07. The maximum atomic E-state index is 10.9. The second-order valence-electron chi connectivity index (χ2n) is 2.81. The van der Waals surface area contributed by atoms with Gasteiger partial charge in [-0.05, 0) is 39.7 Å². The van der Waals surface area contributed by atoms with Gasteiger partial charge in [0.1, 0.15) is 5.15 Å². The molecule has 2 heterocycles. The van der Waals surface area contributed by atoms with Crippen LogP contribution >= 0.6 is 39.1 Å². The number of pyridine rings is 2. The number of rotatable bonds is 1. The van der Waals surface area contributed by atoms with Gasteiger partial charge in [0.05, 0.1) is 10.0 Å². The molecule has 0 saturated carbocycles. The molecule has 2 rings (SSSR count). The molecule has 0 unspecified atom stereocenters. The van der Waals surface area contributed by atoms with Crippen molar-refractivity contribution in [1.82, 2.24) is 9.97 Å². The van der Waals surface area contributed by atoms with Crippen LogP contribution in [0.25, 0.3) is 11.0 Å². The zero-order chi connectivity index (χ0) is 11.0. The van der Waals surface area contributed by atoms with Crippen LogP contribution in [0.2, 0.25) is 5.15 Å². The topological polar surface area (TPSA) is 42.9 Å². The Morgan fingerprint density at radius 3 is 2.80 bits per heavy atom. The average Bonchev–Trinajstić information content (AvgIpc) is 2.19. The van der Waals surface area contributed by atoms with Crippen LogP contribution in [0.5, 0.6) is 0 Å². The lowest BCUT2D eigenvalue weighted by molar-refractivity contribution is 0.108. The number of carbonyl (C=O) groups is 1. The van der Waals surface area contributed by atoms with Crippen LogP contribution in [0, 0.1) is 0 Å². The number of halogens is 3. The van der Waals surface area contributed by atoms with E-state index < -0.39 is 5.24 Å². The first-order valence-corrected chi connectivity index (χ1v) is 5.44. The largest absolute Gasteiger partial charge is 0.276 e. The molecular formula is C9H3BrCl2N2O. The molecule has 0 N–H and O–H groups in total. The van der Waals surface area contributed by atoms with E-state index >= 15 is 0 Å². The number of nitrogens with zero attached hydrogens (tertiary/aromatic N) is 2. The van der Waals surface area contributed by atoms with Gasteiger partial charge in [0, 0.05) is 11.6 Å². The fourth-order valence-electron chi connectivity index (χ4n) is 1.12. The van der Waals surface area contributed by atoms with Crippen LogP contribution in [0.3, 0.4) is 0 Å². The van der Waals surface area contributed by atoms with Gasteiger partial charge in [0.25, 0.3) is 5.24 Å². The molecule has 0 aliphatic carbocycles. The molecule has 0 amide bonds. The SMILES string of the molecule is O=C(Cl)c1cnc2nc(Cl)c(Br)cc2c1. The van der Waals surface area contributed by atoms with Crippen molar-refractivity contribution >= 4 is 55.4 Å². The van der Waals surface area contributed by atoms with Crippen molar-refractivity contribution in [2.45, 2.75) is 0 Å². The minimum absolute atomic E-state index is 0.333. The van der Waals surface area contributed by atoms with Crippen molar-refractivity contribution in [2.75, 3.05) is 0 Å². The standard InChI is InChI=1S/C9H3BrCl2N2O/c10-6-2-4-1-5(8(12)15)3-13-9(4)14-7(6)11/h1-3H. The summed E-state index contributed by atoms with van der Waals surface area (Å²) in [4.78, 5) is 18.9. The first-order chi connectivity index (χ1) is 7.08. The molecule has 0 saturated heterocycles. The maximum absolute atomic E-state index is 10.9. The predicted octanol–water partition coefficient (Wildman–Crippen LogP) is 3.42. The molecular weight excluding hydrogens is 303 g/mol. The molecule has 0 bridgehead atoms. The lowest BCUT2D eigenvalue weighted by Crippen LogP contribution is -1.92. The fraction of sp³-hybridized carbons (Fsp3) is 0. The van der Waals surface area contributed by atoms with Gasteiger partial charge in [-0.15, -0.1) is 0 Å². The van der Waals surface area contributed by atoms with E-state index in [0.29, 0.717) is 26.2 Å². The monoisotopic (exact) mass is 304 g/mol. The van der Waals surface area contributed by atoms with Crippen LogP contribution in [-0.2, 0) is 0 Å². The van der Waals surface area contributed by atoms with E-state index in [2.05, 4.69) is 25.9 Å². The summed E-state index contributed by atoms with van der Waals surface area (Å²) in [5.41, 5.74) is 0.810. The fourth-order valence-corrected chi connectivity index (χ4v) is 1.70. The van der Waals surface area contributed by atoms with E-state index in [-0.39, 0.29) is 0 Å². The zero-order valence-corrected chi connectivity index (χ0v) is 10.3. The summed E-state index contributed by atoms with van der Waals surface area (Å²) >= 11 is 14.4. The summed E-state index contributed by atoms with van der Waals surface area (Å²) in [6.07, 6.45) is 1.37. The second kappa shape index (κ2) is 4.04. The van der Waals surface area contributed by atoms with Gasteiger partial charge in [-0.1, -0.05) is 11.6 Å². The van der Waals surface area contributed by atoms with Crippen molar-refractivity contribution in [3.8, 4) is 0 Å². The maximum Gasteiger partial charge on any atom is 0.253 e. The molecule has 0 aliphatic rings. The Labute approximate surface area is 104 Å². The number of hydrogen-bond acceptors (Lipinski definition) is 3. The van der Waals surface area contributed by atoms with Crippen LogP contribution in [0.1, 0.15) is 10.4 Å². The number of fused-ring (bicyclic) bond motifs is 1. The summed E-state index contributed by atoms with van der Waals surface area (Å²) in [6, 6.07) is 3.35. The lowest BCUT2D eigenvalue weighted by Gasteiger charge is -2.00. The number of aromatic nitrogens is 2. The number of hydrogen-bond donors (Lipinski definition) is 0. The Morgan fingerprint density at radius 2 is 2.13 bits per heavy atom. The minimum Gasteiger partial charge on any atom is -0.276 e. The van der Waals surface area contributed by atoms with Crippen LogP contribution < -0.4 is 0 Å². The van der Waals surface area contributed by atoms with Gasteiger partial charge in [0.2, 0.25) is 0 Å². The van der Waals surface area contributed by atoms with Gasteiger partial charge in [-0.3, -0.25) is 4.79 Å². The molecule has 2 aromatic heterocycles. The highest BCUT2D eigenvalue weighted by atomic mass is 79.9. The van der Waals surface area contributed by atoms with Gasteiger partial charge in [-0.25, -0.2) is 9.97 Å². The van der Waals surface area contributed by atoms with Crippen molar-refractivity contribution in [1.29, 1.82) is 0 Å². The van der Waals surface area contributed by atoms with Crippen molar-refractivity contribution in [3.05, 3.63) is 33.5 Å². The first-order valence-electron chi connectivity index (χ1n) is 3.89. The highest BCUT2D eigenvalue weighted by Crippen LogP contribution is 2.24. The van der Waals surface area contributed by atoms with Crippen LogP contribution in [0.15, 0.2) is 22.8 Å². The van der Waals surface area contributed by atoms with E-state index in [1.807, 2.05) is 0 Å². The Morgan fingerprint density at radius 1 is 1.40 bits per heavy atom. The summed E-state index contributed by atoms with van der Waals surface area (Å²) < 4.78 is 0.651. The van der Waals surface area contributed by atoms with E-state index in [0.717, 1.165) is 0 Å².